The van der Waals surface area contributed by atoms with Crippen molar-refractivity contribution in [3.05, 3.63) is 0 Å². The number of hydrogen-bond acceptors (Lipinski definition) is 5. The highest BCUT2D eigenvalue weighted by Gasteiger charge is 2.48. The fourth-order valence-electron chi connectivity index (χ4n) is 2.09. The standard InChI is InChI=1S/C11H20N2O6S/c1-8(2)19-10(16)12-20(17,18)13-7-5-4-6-11(13,3)9(14)15/h8H,4-7H2,1-3H3,(H,12,16)(H,14,15). The van der Waals surface area contributed by atoms with Crippen LogP contribution in [-0.4, -0.2) is 48.1 Å². The number of carboxylic acids is 1. The highest BCUT2D eigenvalue weighted by molar-refractivity contribution is 7.87. The number of carbonyl (C=O) groups is 2. The SMILES string of the molecule is CC(C)OC(=O)NS(=O)(=O)N1CCCCC1(C)C(=O)O. The molecule has 1 unspecified atom stereocenters. The Bertz CT molecular complexity index is 489. The second-order valence-corrected chi connectivity index (χ2v) is 6.76. The molecule has 0 aromatic rings. The topological polar surface area (TPSA) is 113 Å². The van der Waals surface area contributed by atoms with Crippen LogP contribution in [0.3, 0.4) is 0 Å². The molecule has 20 heavy (non-hydrogen) atoms. The third kappa shape index (κ3) is 3.60. The Morgan fingerprint density at radius 1 is 1.35 bits per heavy atom. The molecule has 116 valence electrons. The predicted octanol–water partition coefficient (Wildman–Crippen LogP) is 0.695. The van der Waals surface area contributed by atoms with Gasteiger partial charge in [0, 0.05) is 6.54 Å². The summed E-state index contributed by atoms with van der Waals surface area (Å²) in [7, 11) is -4.25. The van der Waals surface area contributed by atoms with Gasteiger partial charge < -0.3 is 9.84 Å². The Hall–Kier alpha value is -1.35. The number of rotatable bonds is 4. The quantitative estimate of drug-likeness (QED) is 0.790. The minimum Gasteiger partial charge on any atom is -0.480 e. The average Bonchev–Trinajstić information content (AvgIpc) is 2.26. The van der Waals surface area contributed by atoms with Crippen molar-refractivity contribution in [1.82, 2.24) is 9.03 Å². The third-order valence-corrected chi connectivity index (χ3v) is 4.72. The first kappa shape index (κ1) is 16.7. The Morgan fingerprint density at radius 3 is 2.45 bits per heavy atom. The lowest BCUT2D eigenvalue weighted by atomic mass is 9.91. The minimum atomic E-state index is -4.25. The van der Waals surface area contributed by atoms with E-state index in [1.165, 1.54) is 6.92 Å². The van der Waals surface area contributed by atoms with Crippen molar-refractivity contribution in [3.63, 3.8) is 0 Å². The largest absolute Gasteiger partial charge is 0.480 e. The lowest BCUT2D eigenvalue weighted by Crippen LogP contribution is -2.60. The average molecular weight is 308 g/mol. The molecule has 1 atom stereocenters. The van der Waals surface area contributed by atoms with Gasteiger partial charge in [0.05, 0.1) is 6.10 Å². The van der Waals surface area contributed by atoms with E-state index in [1.54, 1.807) is 18.6 Å². The molecule has 0 aromatic heterocycles. The molecule has 8 nitrogen and oxygen atoms in total. The molecule has 2 N–H and O–H groups in total. The van der Waals surface area contributed by atoms with Crippen molar-refractivity contribution in [1.29, 1.82) is 0 Å². The van der Waals surface area contributed by atoms with E-state index in [1.807, 2.05) is 0 Å². The Balaban J connectivity index is 2.94. The van der Waals surface area contributed by atoms with Crippen LogP contribution in [0.2, 0.25) is 0 Å². The van der Waals surface area contributed by atoms with Gasteiger partial charge in [0.15, 0.2) is 0 Å². The second-order valence-electron chi connectivity index (χ2n) is 5.17. The van der Waals surface area contributed by atoms with Gasteiger partial charge in [-0.3, -0.25) is 4.79 Å². The number of nitrogens with zero attached hydrogens (tertiary/aromatic N) is 1. The first-order chi connectivity index (χ1) is 9.09. The normalized spacial score (nSPS) is 24.4. The number of aliphatic carboxylic acids is 1. The van der Waals surface area contributed by atoms with Crippen LogP contribution in [0.5, 0.6) is 0 Å². The monoisotopic (exact) mass is 308 g/mol. The number of carbonyl (C=O) groups excluding carboxylic acids is 1. The van der Waals surface area contributed by atoms with Gasteiger partial charge in [-0.1, -0.05) is 0 Å². The van der Waals surface area contributed by atoms with Gasteiger partial charge in [0.1, 0.15) is 5.54 Å². The van der Waals surface area contributed by atoms with Gasteiger partial charge in [-0.2, -0.15) is 12.7 Å². The van der Waals surface area contributed by atoms with Gasteiger partial charge >= 0.3 is 22.3 Å². The van der Waals surface area contributed by atoms with Crippen LogP contribution in [0, 0.1) is 0 Å². The Kier molecular flexibility index (Phi) is 4.98. The highest BCUT2D eigenvalue weighted by atomic mass is 32.2. The summed E-state index contributed by atoms with van der Waals surface area (Å²) in [5, 5.41) is 9.26. The smallest absolute Gasteiger partial charge is 0.422 e. The van der Waals surface area contributed by atoms with Crippen molar-refractivity contribution >= 4 is 22.3 Å². The molecule has 1 aliphatic rings. The molecule has 1 heterocycles. The first-order valence-electron chi connectivity index (χ1n) is 6.34. The Labute approximate surface area is 118 Å². The number of nitrogens with one attached hydrogen (secondary N) is 1. The van der Waals surface area contributed by atoms with Gasteiger partial charge in [-0.05, 0) is 40.0 Å². The Morgan fingerprint density at radius 2 is 1.95 bits per heavy atom. The van der Waals surface area contributed by atoms with Crippen molar-refractivity contribution in [2.45, 2.75) is 51.7 Å². The van der Waals surface area contributed by atoms with Gasteiger partial charge in [-0.25, -0.2) is 9.52 Å². The van der Waals surface area contributed by atoms with Gasteiger partial charge in [-0.15, -0.1) is 0 Å². The molecule has 0 aliphatic carbocycles. The molecule has 1 rings (SSSR count). The van der Waals surface area contributed by atoms with Crippen LogP contribution in [0.15, 0.2) is 0 Å². The van der Waals surface area contributed by atoms with E-state index in [2.05, 4.69) is 0 Å². The van der Waals surface area contributed by atoms with Crippen LogP contribution in [-0.2, 0) is 19.7 Å². The summed E-state index contributed by atoms with van der Waals surface area (Å²) in [6.45, 7) is 4.54. The molecule has 1 saturated heterocycles. The fourth-order valence-corrected chi connectivity index (χ4v) is 3.53. The van der Waals surface area contributed by atoms with Crippen molar-refractivity contribution in [3.8, 4) is 0 Å². The summed E-state index contributed by atoms with van der Waals surface area (Å²) in [4.78, 5) is 22.8. The molecular weight excluding hydrogens is 288 g/mol. The van der Waals surface area contributed by atoms with Gasteiger partial charge in [0.25, 0.3) is 0 Å². The van der Waals surface area contributed by atoms with E-state index < -0.39 is 33.9 Å². The van der Waals surface area contributed by atoms with Crippen molar-refractivity contribution < 1.29 is 27.9 Å². The maximum absolute atomic E-state index is 12.1. The zero-order valence-corrected chi connectivity index (χ0v) is 12.6. The number of carboxylic acid groups (broad SMARTS) is 1. The predicted molar refractivity (Wildman–Crippen MR) is 70.3 cm³/mol. The summed E-state index contributed by atoms with van der Waals surface area (Å²) in [6, 6.07) is 0. The molecule has 1 amide bonds. The zero-order chi connectivity index (χ0) is 15.6. The molecule has 1 aliphatic heterocycles. The van der Waals surface area contributed by atoms with E-state index in [0.29, 0.717) is 12.8 Å². The fraction of sp³-hybridized carbons (Fsp3) is 0.818. The summed E-state index contributed by atoms with van der Waals surface area (Å²) in [5.74, 6) is -1.24. The van der Waals surface area contributed by atoms with Crippen LogP contribution in [0.1, 0.15) is 40.0 Å². The lowest BCUT2D eigenvalue weighted by molar-refractivity contribution is -0.149. The van der Waals surface area contributed by atoms with E-state index in [4.69, 9.17) is 4.74 Å². The van der Waals surface area contributed by atoms with Crippen LogP contribution in [0.4, 0.5) is 4.79 Å². The molecular formula is C11H20N2O6S. The molecule has 0 radical (unpaired) electrons. The number of piperidine rings is 1. The summed E-state index contributed by atoms with van der Waals surface area (Å²) >= 11 is 0. The molecule has 1 fully saturated rings. The van der Waals surface area contributed by atoms with Crippen LogP contribution < -0.4 is 4.72 Å². The number of amides is 1. The summed E-state index contributed by atoms with van der Waals surface area (Å²) in [5.41, 5.74) is -1.55. The number of ether oxygens (including phenoxy) is 1. The molecule has 9 heteroatoms. The first-order valence-corrected chi connectivity index (χ1v) is 7.78. The third-order valence-electron chi connectivity index (χ3n) is 3.13. The van der Waals surface area contributed by atoms with E-state index in [9.17, 15) is 23.1 Å². The minimum absolute atomic E-state index is 0.0487. The van der Waals surface area contributed by atoms with E-state index in [-0.39, 0.29) is 13.0 Å². The summed E-state index contributed by atoms with van der Waals surface area (Å²) < 4.78 is 31.6. The lowest BCUT2D eigenvalue weighted by Gasteiger charge is -2.39. The van der Waals surface area contributed by atoms with E-state index in [0.717, 1.165) is 4.31 Å². The van der Waals surface area contributed by atoms with E-state index >= 15 is 0 Å². The molecule has 0 spiro atoms. The molecule has 0 saturated carbocycles. The maximum Gasteiger partial charge on any atom is 0.422 e. The highest BCUT2D eigenvalue weighted by Crippen LogP contribution is 2.30. The molecule has 0 aromatic carbocycles. The second kappa shape index (κ2) is 5.96. The van der Waals surface area contributed by atoms with Crippen LogP contribution >= 0.6 is 0 Å². The van der Waals surface area contributed by atoms with Crippen molar-refractivity contribution in [2.24, 2.45) is 0 Å². The van der Waals surface area contributed by atoms with Crippen LogP contribution in [0.25, 0.3) is 0 Å². The summed E-state index contributed by atoms with van der Waals surface area (Å²) in [6.07, 6.45) is -0.229. The molecule has 0 bridgehead atoms. The number of hydrogen-bond donors (Lipinski definition) is 2. The van der Waals surface area contributed by atoms with Gasteiger partial charge in [0.2, 0.25) is 0 Å². The zero-order valence-electron chi connectivity index (χ0n) is 11.7. The maximum atomic E-state index is 12.1. The van der Waals surface area contributed by atoms with Crippen molar-refractivity contribution in [2.75, 3.05) is 6.54 Å².